The second-order valence-electron chi connectivity index (χ2n) is 5.06. The van der Waals surface area contributed by atoms with E-state index in [9.17, 15) is 9.59 Å². The lowest BCUT2D eigenvalue weighted by Crippen LogP contribution is -2.48. The van der Waals surface area contributed by atoms with Crippen LogP contribution >= 0.6 is 0 Å². The number of carbonyl (C=O) groups excluding carboxylic acids is 1. The van der Waals surface area contributed by atoms with E-state index >= 15 is 0 Å². The first-order valence-corrected chi connectivity index (χ1v) is 6.42. The van der Waals surface area contributed by atoms with Crippen LogP contribution < -0.4 is 5.32 Å². The molecular formula is C12H23N3O4. The average Bonchev–Trinajstić information content (AvgIpc) is 2.35. The number of morpholine rings is 1. The fourth-order valence-corrected chi connectivity index (χ4v) is 1.90. The number of amides is 2. The Morgan fingerprint density at radius 2 is 2.26 bits per heavy atom. The van der Waals surface area contributed by atoms with E-state index in [1.54, 1.807) is 14.0 Å². The minimum absolute atomic E-state index is 0.00648. The minimum Gasteiger partial charge on any atom is -0.481 e. The zero-order chi connectivity index (χ0) is 14.4. The highest BCUT2D eigenvalue weighted by Gasteiger charge is 2.20. The van der Waals surface area contributed by atoms with Gasteiger partial charge in [-0.25, -0.2) is 4.79 Å². The van der Waals surface area contributed by atoms with Crippen LogP contribution in [0.5, 0.6) is 0 Å². The van der Waals surface area contributed by atoms with Crippen molar-refractivity contribution >= 4 is 12.0 Å². The van der Waals surface area contributed by atoms with Gasteiger partial charge in [-0.05, 0) is 7.05 Å². The molecule has 2 atom stereocenters. The van der Waals surface area contributed by atoms with Gasteiger partial charge in [0.1, 0.15) is 0 Å². The van der Waals surface area contributed by atoms with Gasteiger partial charge in [0.15, 0.2) is 0 Å². The van der Waals surface area contributed by atoms with E-state index < -0.39 is 11.9 Å². The molecule has 1 rings (SSSR count). The molecule has 0 saturated carbocycles. The van der Waals surface area contributed by atoms with Crippen molar-refractivity contribution in [2.75, 3.05) is 46.9 Å². The number of urea groups is 1. The number of aliphatic carboxylic acids is 1. The van der Waals surface area contributed by atoms with Gasteiger partial charge in [-0.1, -0.05) is 6.92 Å². The Labute approximate surface area is 113 Å². The summed E-state index contributed by atoms with van der Waals surface area (Å²) in [6.45, 7) is 4.56. The summed E-state index contributed by atoms with van der Waals surface area (Å²) in [6, 6.07) is -0.273. The smallest absolute Gasteiger partial charge is 0.317 e. The Bertz CT molecular complexity index is 324. The predicted octanol–water partition coefficient (Wildman–Crippen LogP) is -0.321. The Kier molecular flexibility index (Phi) is 6.04. The molecule has 1 saturated heterocycles. The van der Waals surface area contributed by atoms with Crippen LogP contribution in [0.1, 0.15) is 6.92 Å². The van der Waals surface area contributed by atoms with Crippen LogP contribution in [0.2, 0.25) is 0 Å². The van der Waals surface area contributed by atoms with E-state index in [1.165, 1.54) is 4.90 Å². The van der Waals surface area contributed by atoms with E-state index in [-0.39, 0.29) is 18.7 Å². The number of carboxylic acid groups (broad SMARTS) is 1. The maximum absolute atomic E-state index is 11.8. The molecule has 19 heavy (non-hydrogen) atoms. The molecular weight excluding hydrogens is 250 g/mol. The molecule has 0 bridgehead atoms. The van der Waals surface area contributed by atoms with Crippen LogP contribution in [-0.4, -0.2) is 79.9 Å². The lowest BCUT2D eigenvalue weighted by molar-refractivity contribution is -0.141. The molecule has 0 aromatic rings. The van der Waals surface area contributed by atoms with Crippen molar-refractivity contribution in [1.29, 1.82) is 0 Å². The topological polar surface area (TPSA) is 82.1 Å². The second kappa shape index (κ2) is 7.30. The number of nitrogens with zero attached hydrogens (tertiary/aromatic N) is 2. The monoisotopic (exact) mass is 273 g/mol. The highest BCUT2D eigenvalue weighted by atomic mass is 16.5. The zero-order valence-corrected chi connectivity index (χ0v) is 11.8. The maximum atomic E-state index is 11.8. The number of rotatable bonds is 5. The van der Waals surface area contributed by atoms with Gasteiger partial charge in [-0.15, -0.1) is 0 Å². The number of hydrogen-bond acceptors (Lipinski definition) is 4. The molecule has 2 amide bonds. The van der Waals surface area contributed by atoms with Crippen LogP contribution in [0.25, 0.3) is 0 Å². The van der Waals surface area contributed by atoms with Crippen LogP contribution in [0.3, 0.4) is 0 Å². The fraction of sp³-hybridized carbons (Fsp3) is 0.833. The first kappa shape index (κ1) is 15.7. The average molecular weight is 273 g/mol. The summed E-state index contributed by atoms with van der Waals surface area (Å²) < 4.78 is 5.53. The Balaban J connectivity index is 2.28. The molecule has 110 valence electrons. The van der Waals surface area contributed by atoms with E-state index in [2.05, 4.69) is 10.2 Å². The molecule has 2 N–H and O–H groups in total. The molecule has 1 fully saturated rings. The molecule has 1 aliphatic rings. The molecule has 0 aromatic heterocycles. The van der Waals surface area contributed by atoms with Crippen molar-refractivity contribution in [2.24, 2.45) is 5.92 Å². The Hall–Kier alpha value is -1.34. The van der Waals surface area contributed by atoms with Gasteiger partial charge in [-0.3, -0.25) is 4.79 Å². The SMILES string of the molecule is CC(CN(C)C(=O)NCC1CN(C)CCO1)C(=O)O. The summed E-state index contributed by atoms with van der Waals surface area (Å²) in [4.78, 5) is 26.0. The van der Waals surface area contributed by atoms with Crippen molar-refractivity contribution in [3.8, 4) is 0 Å². The van der Waals surface area contributed by atoms with E-state index in [0.717, 1.165) is 13.1 Å². The lowest BCUT2D eigenvalue weighted by atomic mass is 10.2. The van der Waals surface area contributed by atoms with Crippen LogP contribution in [0.15, 0.2) is 0 Å². The number of carbonyl (C=O) groups is 2. The summed E-state index contributed by atoms with van der Waals surface area (Å²) in [5.41, 5.74) is 0. The Morgan fingerprint density at radius 3 is 2.84 bits per heavy atom. The van der Waals surface area contributed by atoms with Crippen LogP contribution in [0, 0.1) is 5.92 Å². The van der Waals surface area contributed by atoms with Gasteiger partial charge in [0, 0.05) is 33.2 Å². The standard InChI is InChI=1S/C12H23N3O4/c1-9(11(16)17)7-15(3)12(18)13-6-10-8-14(2)4-5-19-10/h9-10H,4-8H2,1-3H3,(H,13,18)(H,16,17). The fourth-order valence-electron chi connectivity index (χ4n) is 1.90. The van der Waals surface area contributed by atoms with Crippen molar-refractivity contribution in [3.63, 3.8) is 0 Å². The summed E-state index contributed by atoms with van der Waals surface area (Å²) in [5.74, 6) is -1.48. The number of carboxylic acids is 1. The quantitative estimate of drug-likeness (QED) is 0.717. The molecule has 0 aliphatic carbocycles. The third kappa shape index (κ3) is 5.44. The van der Waals surface area contributed by atoms with Crippen molar-refractivity contribution in [3.05, 3.63) is 0 Å². The number of hydrogen-bond donors (Lipinski definition) is 2. The maximum Gasteiger partial charge on any atom is 0.317 e. The number of nitrogens with one attached hydrogen (secondary N) is 1. The summed E-state index contributed by atoms with van der Waals surface area (Å²) in [7, 11) is 3.60. The first-order valence-electron chi connectivity index (χ1n) is 6.42. The van der Waals surface area contributed by atoms with Crippen molar-refractivity contribution < 1.29 is 19.4 Å². The van der Waals surface area contributed by atoms with E-state index in [4.69, 9.17) is 9.84 Å². The van der Waals surface area contributed by atoms with E-state index in [1.807, 2.05) is 7.05 Å². The molecule has 0 spiro atoms. The second-order valence-corrected chi connectivity index (χ2v) is 5.06. The normalized spacial score (nSPS) is 21.7. The molecule has 2 unspecified atom stereocenters. The summed E-state index contributed by atoms with van der Waals surface area (Å²) in [6.07, 6.45) is -0.00648. The Morgan fingerprint density at radius 1 is 1.58 bits per heavy atom. The minimum atomic E-state index is -0.906. The molecule has 0 aromatic carbocycles. The van der Waals surface area contributed by atoms with Gasteiger partial charge in [0.2, 0.25) is 0 Å². The highest BCUT2D eigenvalue weighted by Crippen LogP contribution is 2.02. The molecule has 0 radical (unpaired) electrons. The molecule has 7 nitrogen and oxygen atoms in total. The zero-order valence-electron chi connectivity index (χ0n) is 11.8. The lowest BCUT2D eigenvalue weighted by Gasteiger charge is -2.30. The largest absolute Gasteiger partial charge is 0.481 e. The van der Waals surface area contributed by atoms with Gasteiger partial charge < -0.3 is 25.0 Å². The van der Waals surface area contributed by atoms with Gasteiger partial charge >= 0.3 is 12.0 Å². The van der Waals surface area contributed by atoms with Crippen molar-refractivity contribution in [1.82, 2.24) is 15.1 Å². The van der Waals surface area contributed by atoms with Gasteiger partial charge in [0.05, 0.1) is 18.6 Å². The number of ether oxygens (including phenoxy) is 1. The van der Waals surface area contributed by atoms with Crippen LogP contribution in [-0.2, 0) is 9.53 Å². The molecule has 1 heterocycles. The highest BCUT2D eigenvalue weighted by molar-refractivity contribution is 5.75. The summed E-state index contributed by atoms with van der Waals surface area (Å²) >= 11 is 0. The third-order valence-electron chi connectivity index (χ3n) is 3.14. The van der Waals surface area contributed by atoms with E-state index in [0.29, 0.717) is 13.2 Å². The van der Waals surface area contributed by atoms with Crippen LogP contribution in [0.4, 0.5) is 4.79 Å². The predicted molar refractivity (Wildman–Crippen MR) is 70.1 cm³/mol. The first-order chi connectivity index (χ1) is 8.90. The molecule has 7 heteroatoms. The third-order valence-corrected chi connectivity index (χ3v) is 3.14. The summed E-state index contributed by atoms with van der Waals surface area (Å²) in [5, 5.41) is 11.6. The van der Waals surface area contributed by atoms with Gasteiger partial charge in [0.25, 0.3) is 0 Å². The number of likely N-dealkylation sites (N-methyl/N-ethyl adjacent to an activating group) is 1. The van der Waals surface area contributed by atoms with Crippen molar-refractivity contribution in [2.45, 2.75) is 13.0 Å². The van der Waals surface area contributed by atoms with Gasteiger partial charge in [-0.2, -0.15) is 0 Å². The molecule has 1 aliphatic heterocycles.